The molecule has 1 aromatic rings. The minimum atomic E-state index is 0.531. The Morgan fingerprint density at radius 3 is 3.19 bits per heavy atom. The van der Waals surface area contributed by atoms with Gasteiger partial charge in [-0.2, -0.15) is 0 Å². The van der Waals surface area contributed by atoms with Crippen LogP contribution >= 0.6 is 0 Å². The van der Waals surface area contributed by atoms with Crippen molar-refractivity contribution in [2.75, 3.05) is 18.0 Å². The van der Waals surface area contributed by atoms with Crippen molar-refractivity contribution in [2.24, 2.45) is 11.7 Å². The summed E-state index contributed by atoms with van der Waals surface area (Å²) in [6.07, 6.45) is 5.75. The number of pyridine rings is 1. The molecule has 1 saturated heterocycles. The summed E-state index contributed by atoms with van der Waals surface area (Å²) in [6, 6.07) is 4.15. The molecule has 2 heterocycles. The van der Waals surface area contributed by atoms with Crippen molar-refractivity contribution in [1.82, 2.24) is 4.98 Å². The fraction of sp³-hybridized carbons (Fsp3) is 0.615. The first-order valence-electron chi connectivity index (χ1n) is 6.24. The maximum absolute atomic E-state index is 5.74. The number of piperidine rings is 1. The summed E-state index contributed by atoms with van der Waals surface area (Å²) in [7, 11) is 0. The molecule has 2 N–H and O–H groups in total. The molecule has 0 aromatic carbocycles. The zero-order chi connectivity index (χ0) is 11.4. The average Bonchev–Trinajstić information content (AvgIpc) is 2.38. The van der Waals surface area contributed by atoms with Gasteiger partial charge in [-0.15, -0.1) is 0 Å². The lowest BCUT2D eigenvalue weighted by molar-refractivity contribution is 0.404. The van der Waals surface area contributed by atoms with Crippen LogP contribution in [0.4, 0.5) is 5.69 Å². The highest BCUT2D eigenvalue weighted by atomic mass is 15.1. The molecule has 3 heteroatoms. The number of rotatable bonds is 3. The van der Waals surface area contributed by atoms with Gasteiger partial charge in [0.25, 0.3) is 0 Å². The lowest BCUT2D eigenvalue weighted by Crippen LogP contribution is -2.36. The zero-order valence-corrected chi connectivity index (χ0v) is 10.0. The van der Waals surface area contributed by atoms with Crippen molar-refractivity contribution < 1.29 is 0 Å². The third-order valence-corrected chi connectivity index (χ3v) is 3.50. The summed E-state index contributed by atoms with van der Waals surface area (Å²) in [4.78, 5) is 6.81. The predicted octanol–water partition coefficient (Wildman–Crippen LogP) is 2.17. The fourth-order valence-electron chi connectivity index (χ4n) is 2.49. The highest BCUT2D eigenvalue weighted by molar-refractivity contribution is 5.50. The third-order valence-electron chi connectivity index (χ3n) is 3.50. The molecule has 1 aromatic heterocycles. The van der Waals surface area contributed by atoms with Crippen LogP contribution in [0.25, 0.3) is 0 Å². The Hall–Kier alpha value is -1.09. The van der Waals surface area contributed by atoms with Crippen molar-refractivity contribution in [3.63, 3.8) is 0 Å². The van der Waals surface area contributed by atoms with Crippen LogP contribution in [-0.2, 0) is 6.54 Å². The predicted molar refractivity (Wildman–Crippen MR) is 67.4 cm³/mol. The van der Waals surface area contributed by atoms with Gasteiger partial charge >= 0.3 is 0 Å². The van der Waals surface area contributed by atoms with Crippen LogP contribution in [0.1, 0.15) is 31.9 Å². The summed E-state index contributed by atoms with van der Waals surface area (Å²) in [5.41, 5.74) is 8.00. The number of nitrogens with zero attached hydrogens (tertiary/aromatic N) is 2. The van der Waals surface area contributed by atoms with E-state index in [-0.39, 0.29) is 0 Å². The first-order valence-corrected chi connectivity index (χ1v) is 6.24. The topological polar surface area (TPSA) is 42.2 Å². The van der Waals surface area contributed by atoms with Gasteiger partial charge in [-0.25, -0.2) is 0 Å². The molecular formula is C13H21N3. The number of hydrogen-bond acceptors (Lipinski definition) is 3. The second-order valence-electron chi connectivity index (χ2n) is 4.54. The quantitative estimate of drug-likeness (QED) is 0.847. The average molecular weight is 219 g/mol. The van der Waals surface area contributed by atoms with Crippen LogP contribution in [-0.4, -0.2) is 18.1 Å². The Kier molecular flexibility index (Phi) is 3.78. The van der Waals surface area contributed by atoms with Crippen molar-refractivity contribution in [3.8, 4) is 0 Å². The summed E-state index contributed by atoms with van der Waals surface area (Å²) >= 11 is 0. The van der Waals surface area contributed by atoms with E-state index in [2.05, 4.69) is 22.9 Å². The molecule has 2 rings (SSSR count). The lowest BCUT2D eigenvalue weighted by atomic mass is 9.95. The van der Waals surface area contributed by atoms with Crippen LogP contribution in [0.2, 0.25) is 0 Å². The Morgan fingerprint density at radius 2 is 2.44 bits per heavy atom. The molecular weight excluding hydrogens is 198 g/mol. The number of anilines is 1. The SMILES string of the molecule is CCC1CCCN(c2cccnc2CN)C1. The van der Waals surface area contributed by atoms with Crippen LogP contribution < -0.4 is 10.6 Å². The molecule has 0 bridgehead atoms. The summed E-state index contributed by atoms with van der Waals surface area (Å²) in [5.74, 6) is 0.833. The van der Waals surface area contributed by atoms with Gasteiger partial charge in [0.1, 0.15) is 0 Å². The van der Waals surface area contributed by atoms with E-state index in [4.69, 9.17) is 5.73 Å². The summed E-state index contributed by atoms with van der Waals surface area (Å²) < 4.78 is 0. The largest absolute Gasteiger partial charge is 0.370 e. The van der Waals surface area contributed by atoms with Crippen LogP contribution in [0, 0.1) is 5.92 Å². The standard InChI is InChI=1S/C13H21N3/c1-2-11-5-4-8-16(10-11)13-6-3-7-15-12(13)9-14/h3,6-7,11H,2,4-5,8-10,14H2,1H3. The Labute approximate surface area is 97.7 Å². The Balaban J connectivity index is 2.16. The maximum atomic E-state index is 5.74. The summed E-state index contributed by atoms with van der Waals surface area (Å²) in [6.45, 7) is 5.12. The van der Waals surface area contributed by atoms with Gasteiger partial charge in [0, 0.05) is 25.8 Å². The van der Waals surface area contributed by atoms with E-state index < -0.39 is 0 Å². The van der Waals surface area contributed by atoms with Crippen molar-refractivity contribution in [3.05, 3.63) is 24.0 Å². The molecule has 3 nitrogen and oxygen atoms in total. The number of nitrogens with two attached hydrogens (primary N) is 1. The van der Waals surface area contributed by atoms with E-state index in [0.29, 0.717) is 6.54 Å². The molecule has 1 aliphatic rings. The molecule has 0 spiro atoms. The van der Waals surface area contributed by atoms with E-state index >= 15 is 0 Å². The van der Waals surface area contributed by atoms with E-state index in [1.807, 2.05) is 12.3 Å². The third kappa shape index (κ3) is 2.35. The Bertz CT molecular complexity index is 338. The normalized spacial score (nSPS) is 21.1. The van der Waals surface area contributed by atoms with Gasteiger partial charge in [0.05, 0.1) is 11.4 Å². The zero-order valence-electron chi connectivity index (χ0n) is 10.0. The molecule has 16 heavy (non-hydrogen) atoms. The van der Waals surface area contributed by atoms with E-state index in [0.717, 1.165) is 24.7 Å². The van der Waals surface area contributed by atoms with E-state index in [1.54, 1.807) is 0 Å². The van der Waals surface area contributed by atoms with Crippen molar-refractivity contribution >= 4 is 5.69 Å². The van der Waals surface area contributed by atoms with Gasteiger partial charge in [-0.1, -0.05) is 13.3 Å². The minimum Gasteiger partial charge on any atom is -0.370 e. The maximum Gasteiger partial charge on any atom is 0.0772 e. The van der Waals surface area contributed by atoms with Crippen LogP contribution in [0.3, 0.4) is 0 Å². The van der Waals surface area contributed by atoms with Gasteiger partial charge in [-0.3, -0.25) is 4.98 Å². The molecule has 88 valence electrons. The second kappa shape index (κ2) is 5.30. The molecule has 1 aliphatic heterocycles. The van der Waals surface area contributed by atoms with Gasteiger partial charge in [0.15, 0.2) is 0 Å². The van der Waals surface area contributed by atoms with E-state index in [9.17, 15) is 0 Å². The number of aromatic nitrogens is 1. The highest BCUT2D eigenvalue weighted by Crippen LogP contribution is 2.26. The monoisotopic (exact) mass is 219 g/mol. The molecule has 0 radical (unpaired) electrons. The molecule has 1 atom stereocenters. The second-order valence-corrected chi connectivity index (χ2v) is 4.54. The first-order chi connectivity index (χ1) is 7.85. The summed E-state index contributed by atoms with van der Waals surface area (Å²) in [5, 5.41) is 0. The van der Waals surface area contributed by atoms with Crippen LogP contribution in [0.15, 0.2) is 18.3 Å². The smallest absolute Gasteiger partial charge is 0.0772 e. The lowest BCUT2D eigenvalue weighted by Gasteiger charge is -2.34. The fourth-order valence-corrected chi connectivity index (χ4v) is 2.49. The highest BCUT2D eigenvalue weighted by Gasteiger charge is 2.20. The molecule has 1 fully saturated rings. The molecule has 0 amide bonds. The van der Waals surface area contributed by atoms with E-state index in [1.165, 1.54) is 24.9 Å². The molecule has 1 unspecified atom stereocenters. The molecule has 0 aliphatic carbocycles. The molecule has 0 saturated carbocycles. The Morgan fingerprint density at radius 1 is 1.56 bits per heavy atom. The van der Waals surface area contributed by atoms with Crippen molar-refractivity contribution in [1.29, 1.82) is 0 Å². The first kappa shape index (κ1) is 11.4. The van der Waals surface area contributed by atoms with Crippen molar-refractivity contribution in [2.45, 2.75) is 32.7 Å². The number of hydrogen-bond donors (Lipinski definition) is 1. The minimum absolute atomic E-state index is 0.531. The van der Waals surface area contributed by atoms with Gasteiger partial charge in [-0.05, 0) is 30.9 Å². The van der Waals surface area contributed by atoms with Crippen LogP contribution in [0.5, 0.6) is 0 Å². The van der Waals surface area contributed by atoms with Gasteiger partial charge in [0.2, 0.25) is 0 Å². The van der Waals surface area contributed by atoms with Gasteiger partial charge < -0.3 is 10.6 Å².